The van der Waals surface area contributed by atoms with Crippen LogP contribution in [0.3, 0.4) is 0 Å². The van der Waals surface area contributed by atoms with Crippen LogP contribution in [0.2, 0.25) is 0 Å². The summed E-state index contributed by atoms with van der Waals surface area (Å²) in [5.41, 5.74) is 1.02. The topological polar surface area (TPSA) is 51.2 Å². The fourth-order valence-corrected chi connectivity index (χ4v) is 2.45. The minimum atomic E-state index is 0.0300. The van der Waals surface area contributed by atoms with Crippen molar-refractivity contribution in [3.8, 4) is 0 Å². The number of hydrogen-bond acceptors (Lipinski definition) is 4. The number of aromatic nitrogens is 1. The van der Waals surface area contributed by atoms with Gasteiger partial charge in [0.05, 0.1) is 23.9 Å². The zero-order chi connectivity index (χ0) is 13.5. The van der Waals surface area contributed by atoms with Gasteiger partial charge in [-0.3, -0.25) is 4.79 Å². The van der Waals surface area contributed by atoms with Gasteiger partial charge in [0.15, 0.2) is 0 Å². The number of aryl methyl sites for hydroxylation is 1. The lowest BCUT2D eigenvalue weighted by Gasteiger charge is -2.04. The minimum Gasteiger partial charge on any atom is -0.381 e. The van der Waals surface area contributed by atoms with Crippen LogP contribution in [0.1, 0.15) is 48.7 Å². The van der Waals surface area contributed by atoms with E-state index in [9.17, 15) is 4.79 Å². The molecule has 0 radical (unpaired) electrons. The number of amides is 1. The quantitative estimate of drug-likeness (QED) is 0.775. The Morgan fingerprint density at radius 3 is 2.78 bits per heavy atom. The van der Waals surface area contributed by atoms with Gasteiger partial charge in [-0.1, -0.05) is 13.8 Å². The maximum atomic E-state index is 11.5. The number of nitrogens with zero attached hydrogens (tertiary/aromatic N) is 1. The molecule has 0 unspecified atom stereocenters. The van der Waals surface area contributed by atoms with E-state index in [4.69, 9.17) is 4.74 Å². The van der Waals surface area contributed by atoms with E-state index >= 15 is 0 Å². The number of thiazole rings is 1. The first-order valence-electron chi connectivity index (χ1n) is 6.35. The molecule has 1 N–H and O–H groups in total. The molecule has 0 aliphatic heterocycles. The SMILES string of the molecule is CCOCCC(=O)NCc1sc(C(C)C)nc1C. The third-order valence-corrected chi connectivity index (χ3v) is 3.98. The van der Waals surface area contributed by atoms with E-state index in [1.807, 2.05) is 13.8 Å². The van der Waals surface area contributed by atoms with Gasteiger partial charge in [0, 0.05) is 23.8 Å². The smallest absolute Gasteiger partial charge is 0.222 e. The van der Waals surface area contributed by atoms with Gasteiger partial charge in [-0.25, -0.2) is 4.98 Å². The van der Waals surface area contributed by atoms with Gasteiger partial charge in [-0.15, -0.1) is 11.3 Å². The third kappa shape index (κ3) is 4.74. The Balaban J connectivity index is 2.41. The Morgan fingerprint density at radius 1 is 1.50 bits per heavy atom. The van der Waals surface area contributed by atoms with Crippen LogP contribution >= 0.6 is 11.3 Å². The third-order valence-electron chi connectivity index (χ3n) is 2.53. The van der Waals surface area contributed by atoms with Crippen molar-refractivity contribution in [3.63, 3.8) is 0 Å². The summed E-state index contributed by atoms with van der Waals surface area (Å²) >= 11 is 1.68. The van der Waals surface area contributed by atoms with Crippen LogP contribution in [0.5, 0.6) is 0 Å². The monoisotopic (exact) mass is 270 g/mol. The van der Waals surface area contributed by atoms with E-state index in [-0.39, 0.29) is 5.91 Å². The molecule has 0 spiro atoms. The molecule has 102 valence electrons. The maximum absolute atomic E-state index is 11.5. The van der Waals surface area contributed by atoms with Crippen LogP contribution in [-0.2, 0) is 16.1 Å². The van der Waals surface area contributed by atoms with E-state index in [0.717, 1.165) is 15.6 Å². The van der Waals surface area contributed by atoms with Gasteiger partial charge in [-0.05, 0) is 13.8 Å². The molecule has 0 saturated heterocycles. The molecule has 0 atom stereocenters. The second-order valence-electron chi connectivity index (χ2n) is 4.44. The largest absolute Gasteiger partial charge is 0.381 e. The van der Waals surface area contributed by atoms with Crippen molar-refractivity contribution < 1.29 is 9.53 Å². The van der Waals surface area contributed by atoms with Crippen LogP contribution in [0, 0.1) is 6.92 Å². The lowest BCUT2D eigenvalue weighted by Crippen LogP contribution is -2.23. The standard InChI is InChI=1S/C13H22N2O2S/c1-5-17-7-6-12(16)14-8-11-10(4)15-13(18-11)9(2)3/h9H,5-8H2,1-4H3,(H,14,16). The number of nitrogens with one attached hydrogen (secondary N) is 1. The second kappa shape index (κ2) is 7.48. The first kappa shape index (κ1) is 15.1. The molecule has 5 heteroatoms. The molecule has 1 heterocycles. The molecule has 18 heavy (non-hydrogen) atoms. The molecule has 0 aromatic carbocycles. The first-order chi connectivity index (χ1) is 8.54. The molecule has 1 aromatic rings. The first-order valence-corrected chi connectivity index (χ1v) is 7.16. The number of carbonyl (C=O) groups is 1. The molecular formula is C13H22N2O2S. The minimum absolute atomic E-state index is 0.0300. The number of ether oxygens (including phenoxy) is 1. The molecule has 4 nitrogen and oxygen atoms in total. The Hall–Kier alpha value is -0.940. The fourth-order valence-electron chi connectivity index (χ4n) is 1.44. The van der Waals surface area contributed by atoms with Crippen molar-refractivity contribution >= 4 is 17.2 Å². The Morgan fingerprint density at radius 2 is 2.22 bits per heavy atom. The van der Waals surface area contributed by atoms with E-state index < -0.39 is 0 Å². The lowest BCUT2D eigenvalue weighted by atomic mass is 10.2. The molecule has 0 aliphatic carbocycles. The Kier molecular flexibility index (Phi) is 6.29. The average molecular weight is 270 g/mol. The number of hydrogen-bond donors (Lipinski definition) is 1. The van der Waals surface area contributed by atoms with Crippen LogP contribution in [-0.4, -0.2) is 24.1 Å². The van der Waals surface area contributed by atoms with Gasteiger partial charge in [0.2, 0.25) is 5.91 Å². The molecule has 1 rings (SSSR count). The van der Waals surface area contributed by atoms with Crippen molar-refractivity contribution in [1.82, 2.24) is 10.3 Å². The predicted octanol–water partition coefficient (Wildman–Crippen LogP) is 2.62. The Bertz CT molecular complexity index is 388. The number of carbonyl (C=O) groups excluding carboxylic acids is 1. The van der Waals surface area contributed by atoms with Crippen molar-refractivity contribution in [2.45, 2.75) is 46.6 Å². The van der Waals surface area contributed by atoms with Crippen molar-refractivity contribution in [2.24, 2.45) is 0 Å². The van der Waals surface area contributed by atoms with Crippen LogP contribution in [0.15, 0.2) is 0 Å². The molecule has 0 aliphatic rings. The van der Waals surface area contributed by atoms with Crippen molar-refractivity contribution in [3.05, 3.63) is 15.6 Å². The van der Waals surface area contributed by atoms with E-state index in [1.54, 1.807) is 11.3 Å². The summed E-state index contributed by atoms with van der Waals surface area (Å²) in [5, 5.41) is 4.03. The molecule has 0 fully saturated rings. The molecule has 1 amide bonds. The van der Waals surface area contributed by atoms with Crippen molar-refractivity contribution in [2.75, 3.05) is 13.2 Å². The van der Waals surface area contributed by atoms with Crippen LogP contribution in [0.25, 0.3) is 0 Å². The number of rotatable bonds is 7. The van der Waals surface area contributed by atoms with Crippen LogP contribution in [0.4, 0.5) is 0 Å². The van der Waals surface area contributed by atoms with E-state index in [1.165, 1.54) is 0 Å². The summed E-state index contributed by atoms with van der Waals surface area (Å²) in [4.78, 5) is 17.2. The average Bonchev–Trinajstić information content (AvgIpc) is 2.69. The summed E-state index contributed by atoms with van der Waals surface area (Å²) in [7, 11) is 0. The van der Waals surface area contributed by atoms with Gasteiger partial charge in [0.1, 0.15) is 0 Å². The zero-order valence-corrected chi connectivity index (χ0v) is 12.4. The summed E-state index contributed by atoms with van der Waals surface area (Å²) < 4.78 is 5.14. The van der Waals surface area contributed by atoms with Gasteiger partial charge < -0.3 is 10.1 Å². The predicted molar refractivity (Wildman–Crippen MR) is 73.9 cm³/mol. The fraction of sp³-hybridized carbons (Fsp3) is 0.692. The highest BCUT2D eigenvalue weighted by Crippen LogP contribution is 2.24. The van der Waals surface area contributed by atoms with Gasteiger partial charge in [0.25, 0.3) is 0 Å². The Labute approximate surface area is 113 Å². The summed E-state index contributed by atoms with van der Waals surface area (Å²) in [6, 6.07) is 0. The second-order valence-corrected chi connectivity index (χ2v) is 5.55. The summed E-state index contributed by atoms with van der Waals surface area (Å²) in [6.45, 7) is 9.88. The van der Waals surface area contributed by atoms with Gasteiger partial charge in [-0.2, -0.15) is 0 Å². The van der Waals surface area contributed by atoms with Crippen LogP contribution < -0.4 is 5.32 Å². The summed E-state index contributed by atoms with van der Waals surface area (Å²) in [6.07, 6.45) is 0.419. The van der Waals surface area contributed by atoms with E-state index in [0.29, 0.717) is 32.1 Å². The highest BCUT2D eigenvalue weighted by molar-refractivity contribution is 7.11. The molecular weight excluding hydrogens is 248 g/mol. The molecule has 0 saturated carbocycles. The molecule has 0 bridgehead atoms. The highest BCUT2D eigenvalue weighted by atomic mass is 32.1. The van der Waals surface area contributed by atoms with Gasteiger partial charge >= 0.3 is 0 Å². The lowest BCUT2D eigenvalue weighted by molar-refractivity contribution is -0.122. The maximum Gasteiger partial charge on any atom is 0.222 e. The summed E-state index contributed by atoms with van der Waals surface area (Å²) in [5.74, 6) is 0.471. The highest BCUT2D eigenvalue weighted by Gasteiger charge is 2.11. The normalized spacial score (nSPS) is 10.9. The zero-order valence-electron chi connectivity index (χ0n) is 11.6. The molecule has 1 aromatic heterocycles. The van der Waals surface area contributed by atoms with E-state index in [2.05, 4.69) is 24.1 Å². The van der Waals surface area contributed by atoms with Crippen molar-refractivity contribution in [1.29, 1.82) is 0 Å².